The van der Waals surface area contributed by atoms with Gasteiger partial charge in [-0.2, -0.15) is 5.06 Å². The maximum atomic E-state index is 13.1. The second-order valence-electron chi connectivity index (χ2n) is 8.93. The lowest BCUT2D eigenvalue weighted by atomic mass is 9.70. The number of carbonyl (C=O) groups is 2. The zero-order valence-electron chi connectivity index (χ0n) is 22.7. The van der Waals surface area contributed by atoms with Gasteiger partial charge in [-0.1, -0.05) is 51.3 Å². The molecule has 2 saturated carbocycles. The minimum atomic E-state index is -0.230. The number of hydrogen-bond acceptors (Lipinski definition) is 7. The molecule has 1 aliphatic heterocycles. The molecule has 0 amide bonds. The summed E-state index contributed by atoms with van der Waals surface area (Å²) >= 11 is 7.10. The Kier molecular flexibility index (Phi) is 16.3. The molecule has 1 aromatic heterocycles. The molecule has 2 heterocycles. The van der Waals surface area contributed by atoms with E-state index in [4.69, 9.17) is 31.0 Å². The molecule has 0 bridgehead atoms. The molecule has 0 aromatic carbocycles. The van der Waals surface area contributed by atoms with Crippen LogP contribution in [0.3, 0.4) is 0 Å². The van der Waals surface area contributed by atoms with E-state index in [1.807, 2.05) is 70.8 Å². The first kappa shape index (κ1) is 32.6. The van der Waals surface area contributed by atoms with Gasteiger partial charge in [-0.25, -0.2) is 4.98 Å². The van der Waals surface area contributed by atoms with Crippen LogP contribution in [0.2, 0.25) is 0 Å². The maximum absolute atomic E-state index is 13.1. The molecule has 1 spiro atoms. The Morgan fingerprint density at radius 2 is 1.83 bits per heavy atom. The van der Waals surface area contributed by atoms with E-state index < -0.39 is 0 Å². The number of allylic oxidation sites excluding steroid dienone is 3. The summed E-state index contributed by atoms with van der Waals surface area (Å²) in [5, 5.41) is 5.23. The predicted molar refractivity (Wildman–Crippen MR) is 151 cm³/mol. The Balaban J connectivity index is 0.000000563. The van der Waals surface area contributed by atoms with Gasteiger partial charge < -0.3 is 9.53 Å². The summed E-state index contributed by atoms with van der Waals surface area (Å²) in [6, 6.07) is 0. The van der Waals surface area contributed by atoms with Crippen molar-refractivity contribution in [3.63, 3.8) is 0 Å². The second kappa shape index (κ2) is 18.0. The number of Topliss-reactive ketones (excluding diaryl/α,β-unsaturated/α-hetero) is 1. The van der Waals surface area contributed by atoms with Crippen LogP contribution < -0.4 is 0 Å². The minimum Gasteiger partial charge on any atom is -0.379 e. The average molecular weight is 541 g/mol. The lowest BCUT2D eigenvalue weighted by molar-refractivity contribution is -0.252. The summed E-state index contributed by atoms with van der Waals surface area (Å²) in [6.45, 7) is 14.8. The summed E-state index contributed by atoms with van der Waals surface area (Å²) < 4.78 is 5.46. The third-order valence-corrected chi connectivity index (χ3v) is 7.46. The van der Waals surface area contributed by atoms with Crippen molar-refractivity contribution in [2.75, 3.05) is 26.3 Å². The van der Waals surface area contributed by atoms with Gasteiger partial charge in [-0.05, 0) is 39.7 Å². The van der Waals surface area contributed by atoms with Crippen LogP contribution >= 0.6 is 22.9 Å². The molecule has 2 aliphatic carbocycles. The van der Waals surface area contributed by atoms with Gasteiger partial charge in [0.05, 0.1) is 24.8 Å². The van der Waals surface area contributed by atoms with Gasteiger partial charge in [-0.3, -0.25) is 9.63 Å². The van der Waals surface area contributed by atoms with Crippen molar-refractivity contribution in [2.45, 2.75) is 90.5 Å². The molecular formula is C28H45ClN2O4S. The number of halogens is 1. The Bertz CT molecular complexity index is 799. The van der Waals surface area contributed by atoms with Crippen molar-refractivity contribution in [3.05, 3.63) is 34.3 Å². The van der Waals surface area contributed by atoms with E-state index in [-0.39, 0.29) is 22.8 Å². The van der Waals surface area contributed by atoms with Crippen molar-refractivity contribution in [1.82, 2.24) is 10.0 Å². The SMILES string of the molecule is C/C=C/c1nc(C2C(=O)CC3(CCCCC3)C2ON2CCOCC2)cs1.C/C=C\C(C)Cl.C=O.CC. The smallest absolute Gasteiger partial charge is 0.145 e. The number of ether oxygens (including phenoxy) is 1. The van der Waals surface area contributed by atoms with Crippen molar-refractivity contribution in [3.8, 4) is 0 Å². The number of carbonyl (C=O) groups excluding carboxylic acids is 2. The average Bonchev–Trinajstić information content (AvgIpc) is 3.45. The van der Waals surface area contributed by atoms with E-state index in [1.165, 1.54) is 19.3 Å². The zero-order chi connectivity index (χ0) is 27.0. The van der Waals surface area contributed by atoms with Crippen LogP contribution in [-0.2, 0) is 19.2 Å². The molecular weight excluding hydrogens is 496 g/mol. The molecule has 3 atom stereocenters. The van der Waals surface area contributed by atoms with E-state index in [9.17, 15) is 4.79 Å². The van der Waals surface area contributed by atoms with Gasteiger partial charge in [0.15, 0.2) is 0 Å². The number of ketones is 1. The Morgan fingerprint density at radius 1 is 1.19 bits per heavy atom. The Labute approximate surface area is 227 Å². The molecule has 6 nitrogen and oxygen atoms in total. The van der Waals surface area contributed by atoms with Gasteiger partial charge in [0.1, 0.15) is 23.7 Å². The summed E-state index contributed by atoms with van der Waals surface area (Å²) in [4.78, 5) is 32.4. The molecule has 0 radical (unpaired) electrons. The van der Waals surface area contributed by atoms with Gasteiger partial charge in [0.25, 0.3) is 0 Å². The first-order chi connectivity index (χ1) is 17.5. The second-order valence-corrected chi connectivity index (χ2v) is 10.5. The van der Waals surface area contributed by atoms with Crippen LogP contribution in [0, 0.1) is 5.41 Å². The fourth-order valence-electron chi connectivity index (χ4n) is 5.03. The standard InChI is InChI=1S/C20H28N2O3S.C5H9Cl.C2H6.CH2O/c1-2-6-17-21-15(14-26-17)18-16(23)13-20(7-4-3-5-8-20)19(18)25-22-9-11-24-12-10-22;1-3-4-5(2)6;2*1-2/h2,6,14,18-19H,3-5,7-13H2,1H3;3-5H,1-2H3;1-2H3;1H2/b6-2+;4-3-;;. The molecule has 3 aliphatic rings. The zero-order valence-corrected chi connectivity index (χ0v) is 24.3. The first-order valence-electron chi connectivity index (χ1n) is 13.1. The largest absolute Gasteiger partial charge is 0.379 e. The molecule has 8 heteroatoms. The highest BCUT2D eigenvalue weighted by atomic mass is 35.5. The molecule has 1 aromatic rings. The Hall–Kier alpha value is -1.38. The van der Waals surface area contributed by atoms with Gasteiger partial charge in [0.2, 0.25) is 0 Å². The normalized spacial score (nSPS) is 24.4. The minimum absolute atomic E-state index is 0.0112. The first-order valence-corrected chi connectivity index (χ1v) is 14.5. The quantitative estimate of drug-likeness (QED) is 0.300. The molecule has 4 rings (SSSR count). The number of hydrogen-bond donors (Lipinski definition) is 0. The van der Waals surface area contributed by atoms with Crippen molar-refractivity contribution >= 4 is 41.6 Å². The molecule has 36 heavy (non-hydrogen) atoms. The number of thiazole rings is 1. The molecule has 3 fully saturated rings. The number of hydroxylamine groups is 2. The monoisotopic (exact) mass is 540 g/mol. The van der Waals surface area contributed by atoms with Gasteiger partial charge in [-0.15, -0.1) is 22.9 Å². The fraction of sp³-hybridized carbons (Fsp3) is 0.679. The van der Waals surface area contributed by atoms with E-state index in [1.54, 1.807) is 11.3 Å². The van der Waals surface area contributed by atoms with E-state index >= 15 is 0 Å². The van der Waals surface area contributed by atoms with Crippen molar-refractivity contribution in [1.29, 1.82) is 0 Å². The van der Waals surface area contributed by atoms with Crippen LogP contribution in [0.1, 0.15) is 89.8 Å². The highest BCUT2D eigenvalue weighted by molar-refractivity contribution is 7.10. The number of aromatic nitrogens is 1. The van der Waals surface area contributed by atoms with E-state index in [0.29, 0.717) is 25.4 Å². The Morgan fingerprint density at radius 3 is 2.36 bits per heavy atom. The van der Waals surface area contributed by atoms with Crippen LogP contribution in [0.15, 0.2) is 23.6 Å². The van der Waals surface area contributed by atoms with Gasteiger partial charge >= 0.3 is 0 Å². The van der Waals surface area contributed by atoms with E-state index in [2.05, 4.69) is 5.38 Å². The van der Waals surface area contributed by atoms with Crippen LogP contribution in [0.5, 0.6) is 0 Å². The third-order valence-electron chi connectivity index (χ3n) is 6.49. The summed E-state index contributed by atoms with van der Waals surface area (Å²) in [5.74, 6) is 0.0775. The molecule has 204 valence electrons. The predicted octanol–water partition coefficient (Wildman–Crippen LogP) is 6.85. The lowest BCUT2D eigenvalue weighted by Gasteiger charge is -2.41. The van der Waals surface area contributed by atoms with Crippen LogP contribution in [0.25, 0.3) is 6.08 Å². The van der Waals surface area contributed by atoms with Crippen LogP contribution in [0.4, 0.5) is 0 Å². The highest BCUT2D eigenvalue weighted by Gasteiger charge is 2.56. The fourth-order valence-corrected chi connectivity index (χ4v) is 5.99. The number of nitrogens with zero attached hydrogens (tertiary/aromatic N) is 2. The third kappa shape index (κ3) is 9.49. The topological polar surface area (TPSA) is 68.7 Å². The molecule has 0 N–H and O–H groups in total. The number of alkyl halides is 1. The van der Waals surface area contributed by atoms with Crippen molar-refractivity contribution in [2.24, 2.45) is 5.41 Å². The lowest BCUT2D eigenvalue weighted by Crippen LogP contribution is -2.45. The van der Waals surface area contributed by atoms with Crippen LogP contribution in [-0.4, -0.2) is 60.4 Å². The van der Waals surface area contributed by atoms with E-state index in [0.717, 1.165) is 36.6 Å². The number of rotatable bonds is 5. The van der Waals surface area contributed by atoms with Crippen molar-refractivity contribution < 1.29 is 19.2 Å². The summed E-state index contributed by atoms with van der Waals surface area (Å²) in [7, 11) is 0. The summed E-state index contributed by atoms with van der Waals surface area (Å²) in [5.41, 5.74) is 0.886. The number of morpholine rings is 1. The summed E-state index contributed by atoms with van der Waals surface area (Å²) in [6.07, 6.45) is 14.3. The highest BCUT2D eigenvalue weighted by Crippen LogP contribution is 2.54. The maximum Gasteiger partial charge on any atom is 0.145 e. The molecule has 1 saturated heterocycles. The molecule has 3 unspecified atom stereocenters. The van der Waals surface area contributed by atoms with Gasteiger partial charge in [0, 0.05) is 35.7 Å².